The van der Waals surface area contributed by atoms with Crippen LogP contribution in [0.15, 0.2) is 24.3 Å². The molecule has 6 heteroatoms. The van der Waals surface area contributed by atoms with Gasteiger partial charge in [0.2, 0.25) is 5.91 Å². The molecule has 126 valence electrons. The lowest BCUT2D eigenvalue weighted by Crippen LogP contribution is -2.53. The van der Waals surface area contributed by atoms with E-state index in [0.717, 1.165) is 25.0 Å². The van der Waals surface area contributed by atoms with Gasteiger partial charge >= 0.3 is 6.18 Å². The molecule has 3 unspecified atom stereocenters. The SMILES string of the molecule is CC(CN)(NC(=O)C1CC1c1cccc(C(F)(F)F)c1)C1CC1. The lowest BCUT2D eigenvalue weighted by Gasteiger charge is -2.29. The molecular formula is C17H21F3N2O. The van der Waals surface area contributed by atoms with E-state index >= 15 is 0 Å². The van der Waals surface area contributed by atoms with Crippen LogP contribution in [0.4, 0.5) is 13.2 Å². The van der Waals surface area contributed by atoms with E-state index in [1.54, 1.807) is 6.07 Å². The Bertz CT molecular complexity index is 612. The maximum absolute atomic E-state index is 12.8. The van der Waals surface area contributed by atoms with Gasteiger partial charge in [0, 0.05) is 12.5 Å². The summed E-state index contributed by atoms with van der Waals surface area (Å²) in [6.07, 6.45) is -1.63. The fraction of sp³-hybridized carbons (Fsp3) is 0.588. The number of hydrogen-bond donors (Lipinski definition) is 2. The number of carbonyl (C=O) groups is 1. The molecule has 3 N–H and O–H groups in total. The zero-order valence-electron chi connectivity index (χ0n) is 13.0. The minimum absolute atomic E-state index is 0.0905. The Labute approximate surface area is 133 Å². The molecule has 3 rings (SSSR count). The summed E-state index contributed by atoms with van der Waals surface area (Å²) in [5, 5.41) is 3.03. The van der Waals surface area contributed by atoms with Crippen molar-refractivity contribution in [2.75, 3.05) is 6.54 Å². The van der Waals surface area contributed by atoms with Gasteiger partial charge in [0.05, 0.1) is 11.1 Å². The molecule has 1 amide bonds. The molecule has 3 atom stereocenters. The highest BCUT2D eigenvalue weighted by Crippen LogP contribution is 2.49. The molecule has 23 heavy (non-hydrogen) atoms. The van der Waals surface area contributed by atoms with Crippen LogP contribution in [0.2, 0.25) is 0 Å². The van der Waals surface area contributed by atoms with E-state index in [4.69, 9.17) is 5.73 Å². The van der Waals surface area contributed by atoms with Gasteiger partial charge in [-0.1, -0.05) is 18.2 Å². The molecule has 3 nitrogen and oxygen atoms in total. The Kier molecular flexibility index (Phi) is 3.91. The third kappa shape index (κ3) is 3.37. The summed E-state index contributed by atoms with van der Waals surface area (Å²) in [6.45, 7) is 2.33. The molecule has 0 aliphatic heterocycles. The van der Waals surface area contributed by atoms with Crippen LogP contribution < -0.4 is 11.1 Å². The lowest BCUT2D eigenvalue weighted by molar-refractivity contribution is -0.137. The molecule has 0 spiro atoms. The molecule has 0 radical (unpaired) electrons. The molecule has 2 saturated carbocycles. The Morgan fingerprint density at radius 3 is 2.61 bits per heavy atom. The average Bonchev–Trinajstić information content (AvgIpc) is 3.39. The molecular weight excluding hydrogens is 305 g/mol. The Balaban J connectivity index is 1.66. The van der Waals surface area contributed by atoms with Crippen LogP contribution >= 0.6 is 0 Å². The largest absolute Gasteiger partial charge is 0.416 e. The van der Waals surface area contributed by atoms with Crippen molar-refractivity contribution in [2.24, 2.45) is 17.6 Å². The van der Waals surface area contributed by atoms with Crippen LogP contribution in [-0.4, -0.2) is 18.0 Å². The fourth-order valence-corrected chi connectivity index (χ4v) is 3.21. The van der Waals surface area contributed by atoms with Gasteiger partial charge in [-0.15, -0.1) is 0 Å². The van der Waals surface area contributed by atoms with E-state index in [0.29, 0.717) is 24.4 Å². The van der Waals surface area contributed by atoms with Crippen LogP contribution in [0.25, 0.3) is 0 Å². The quantitative estimate of drug-likeness (QED) is 0.874. The van der Waals surface area contributed by atoms with Crippen molar-refractivity contribution in [1.82, 2.24) is 5.32 Å². The normalized spacial score (nSPS) is 26.5. The maximum Gasteiger partial charge on any atom is 0.416 e. The maximum atomic E-state index is 12.8. The number of halogens is 3. The number of nitrogens with one attached hydrogen (secondary N) is 1. The highest BCUT2D eigenvalue weighted by Gasteiger charge is 2.48. The van der Waals surface area contributed by atoms with Crippen molar-refractivity contribution >= 4 is 5.91 Å². The molecule has 1 aromatic carbocycles. The van der Waals surface area contributed by atoms with E-state index in [9.17, 15) is 18.0 Å². The summed E-state index contributed by atoms with van der Waals surface area (Å²) in [7, 11) is 0. The standard InChI is InChI=1S/C17H21F3N2O/c1-16(9-21,11-5-6-11)22-15(23)14-8-13(14)10-3-2-4-12(7-10)17(18,19)20/h2-4,7,11,13-14H,5-6,8-9,21H2,1H3,(H,22,23). The van der Waals surface area contributed by atoms with Crippen molar-refractivity contribution in [2.45, 2.75) is 43.8 Å². The van der Waals surface area contributed by atoms with Crippen LogP contribution in [0.5, 0.6) is 0 Å². The van der Waals surface area contributed by atoms with Crippen molar-refractivity contribution in [3.05, 3.63) is 35.4 Å². The van der Waals surface area contributed by atoms with Gasteiger partial charge in [-0.25, -0.2) is 0 Å². The average molecular weight is 326 g/mol. The second-order valence-electron chi connectivity index (χ2n) is 6.96. The smallest absolute Gasteiger partial charge is 0.349 e. The van der Waals surface area contributed by atoms with Crippen LogP contribution in [0.3, 0.4) is 0 Å². The number of hydrogen-bond acceptors (Lipinski definition) is 2. The van der Waals surface area contributed by atoms with Crippen LogP contribution in [0.1, 0.15) is 43.2 Å². The van der Waals surface area contributed by atoms with Gasteiger partial charge in [0.1, 0.15) is 0 Å². The lowest BCUT2D eigenvalue weighted by atomic mass is 9.95. The molecule has 2 aliphatic rings. The first kappa shape index (κ1) is 16.3. The first-order chi connectivity index (χ1) is 10.7. The fourth-order valence-electron chi connectivity index (χ4n) is 3.21. The highest BCUT2D eigenvalue weighted by atomic mass is 19.4. The van der Waals surface area contributed by atoms with E-state index in [2.05, 4.69) is 5.32 Å². The van der Waals surface area contributed by atoms with Gasteiger partial charge in [-0.3, -0.25) is 4.79 Å². The Morgan fingerprint density at radius 2 is 2.04 bits per heavy atom. The van der Waals surface area contributed by atoms with Crippen LogP contribution in [-0.2, 0) is 11.0 Å². The van der Waals surface area contributed by atoms with Gasteiger partial charge < -0.3 is 11.1 Å². The molecule has 0 heterocycles. The molecule has 0 saturated heterocycles. The minimum Gasteiger partial charge on any atom is -0.349 e. The first-order valence-corrected chi connectivity index (χ1v) is 7.94. The van der Waals surface area contributed by atoms with Gasteiger partial charge in [0.15, 0.2) is 0 Å². The van der Waals surface area contributed by atoms with E-state index in [-0.39, 0.29) is 17.7 Å². The monoisotopic (exact) mass is 326 g/mol. The number of nitrogens with two attached hydrogens (primary N) is 1. The third-order valence-electron chi connectivity index (χ3n) is 5.08. The number of alkyl halides is 3. The van der Waals surface area contributed by atoms with Gasteiger partial charge in [-0.2, -0.15) is 13.2 Å². The minimum atomic E-state index is -4.35. The summed E-state index contributed by atoms with van der Waals surface area (Å²) in [5.74, 6) is -0.0453. The topological polar surface area (TPSA) is 55.1 Å². The molecule has 2 fully saturated rings. The van der Waals surface area contributed by atoms with E-state index in [1.165, 1.54) is 6.07 Å². The number of amides is 1. The van der Waals surface area contributed by atoms with Crippen molar-refractivity contribution in [3.8, 4) is 0 Å². The summed E-state index contributed by atoms with van der Waals surface area (Å²) in [4.78, 5) is 12.4. The molecule has 1 aromatic rings. The Morgan fingerprint density at radius 1 is 1.35 bits per heavy atom. The van der Waals surface area contributed by atoms with E-state index < -0.39 is 17.3 Å². The van der Waals surface area contributed by atoms with Crippen LogP contribution in [0, 0.1) is 11.8 Å². The zero-order valence-corrected chi connectivity index (χ0v) is 13.0. The highest BCUT2D eigenvalue weighted by molar-refractivity contribution is 5.83. The van der Waals surface area contributed by atoms with E-state index in [1.807, 2.05) is 6.92 Å². The molecule has 0 bridgehead atoms. The Hall–Kier alpha value is -1.56. The van der Waals surface area contributed by atoms with Crippen molar-refractivity contribution in [1.29, 1.82) is 0 Å². The third-order valence-corrected chi connectivity index (χ3v) is 5.08. The van der Waals surface area contributed by atoms with Gasteiger partial charge in [-0.05, 0) is 49.7 Å². The summed E-state index contributed by atoms with van der Waals surface area (Å²) >= 11 is 0. The second-order valence-corrected chi connectivity index (χ2v) is 6.96. The predicted molar refractivity (Wildman–Crippen MR) is 80.6 cm³/mol. The predicted octanol–water partition coefficient (Wildman–Crippen LogP) is 3.05. The molecule has 0 aromatic heterocycles. The van der Waals surface area contributed by atoms with Gasteiger partial charge in [0.25, 0.3) is 0 Å². The first-order valence-electron chi connectivity index (χ1n) is 7.94. The molecule has 2 aliphatic carbocycles. The van der Waals surface area contributed by atoms with Crippen molar-refractivity contribution < 1.29 is 18.0 Å². The second kappa shape index (κ2) is 5.51. The summed E-state index contributed by atoms with van der Waals surface area (Å²) in [6, 6.07) is 5.27. The summed E-state index contributed by atoms with van der Waals surface area (Å²) in [5.41, 5.74) is 5.32. The number of benzene rings is 1. The summed E-state index contributed by atoms with van der Waals surface area (Å²) < 4.78 is 38.3. The number of rotatable bonds is 5. The van der Waals surface area contributed by atoms with Crippen molar-refractivity contribution in [3.63, 3.8) is 0 Å². The zero-order chi connectivity index (χ0) is 16.8. The number of carbonyl (C=O) groups excluding carboxylic acids is 1.